The van der Waals surface area contributed by atoms with E-state index in [-0.39, 0.29) is 11.4 Å². The lowest BCUT2D eigenvalue weighted by molar-refractivity contribution is -0.129. The van der Waals surface area contributed by atoms with Gasteiger partial charge in [-0.2, -0.15) is 0 Å². The third-order valence-electron chi connectivity index (χ3n) is 7.18. The quantitative estimate of drug-likeness (QED) is 0.281. The summed E-state index contributed by atoms with van der Waals surface area (Å²) in [6.07, 6.45) is 4.38. The zero-order chi connectivity index (χ0) is 27.9. The number of nitrogens with zero attached hydrogens (tertiary/aromatic N) is 3. The molecule has 0 saturated carbocycles. The van der Waals surface area contributed by atoms with Gasteiger partial charge in [-0.05, 0) is 38.0 Å². The second-order valence-corrected chi connectivity index (χ2v) is 11.1. The maximum absolute atomic E-state index is 13.8. The van der Waals surface area contributed by atoms with Crippen molar-refractivity contribution in [2.75, 3.05) is 53.1 Å². The average molecular weight is 558 g/mol. The summed E-state index contributed by atoms with van der Waals surface area (Å²) >= 11 is 1.27. The Morgan fingerprint density at radius 2 is 1.92 bits per heavy atom. The largest absolute Gasteiger partial charge is 0.503 e. The van der Waals surface area contributed by atoms with Crippen LogP contribution in [0.1, 0.15) is 64.6 Å². The molecule has 0 aliphatic carbocycles. The Labute approximate surface area is 234 Å². The van der Waals surface area contributed by atoms with Crippen molar-refractivity contribution < 1.29 is 28.9 Å². The molecule has 1 N–H and O–H groups in total. The van der Waals surface area contributed by atoms with E-state index >= 15 is 0 Å². The van der Waals surface area contributed by atoms with Gasteiger partial charge in [0.25, 0.3) is 5.91 Å². The molecule has 1 unspecified atom stereocenters. The monoisotopic (exact) mass is 557 g/mol. The number of rotatable bonds is 13. The van der Waals surface area contributed by atoms with Crippen LogP contribution in [0.15, 0.2) is 29.5 Å². The van der Waals surface area contributed by atoms with Gasteiger partial charge in [-0.15, -0.1) is 11.3 Å². The highest BCUT2D eigenvalue weighted by Crippen LogP contribution is 2.42. The van der Waals surface area contributed by atoms with Crippen LogP contribution < -0.4 is 9.47 Å². The van der Waals surface area contributed by atoms with Gasteiger partial charge in [0.1, 0.15) is 0 Å². The molecule has 0 radical (unpaired) electrons. The van der Waals surface area contributed by atoms with E-state index in [4.69, 9.17) is 14.2 Å². The molecule has 212 valence electrons. The molecular formula is C29H39N3O6S. The van der Waals surface area contributed by atoms with Crippen molar-refractivity contribution in [2.45, 2.75) is 52.5 Å². The fourth-order valence-corrected chi connectivity index (χ4v) is 5.96. The Morgan fingerprint density at radius 3 is 2.59 bits per heavy atom. The molecule has 1 aromatic carbocycles. The second kappa shape index (κ2) is 13.4. The van der Waals surface area contributed by atoms with Gasteiger partial charge in [-0.3, -0.25) is 14.5 Å². The van der Waals surface area contributed by atoms with Crippen LogP contribution in [0.2, 0.25) is 0 Å². The highest BCUT2D eigenvalue weighted by atomic mass is 32.1. The number of aryl methyl sites for hydroxylation is 2. The van der Waals surface area contributed by atoms with Crippen molar-refractivity contribution in [3.8, 4) is 11.5 Å². The maximum atomic E-state index is 13.8. The molecule has 1 aromatic heterocycles. The molecule has 39 heavy (non-hydrogen) atoms. The molecule has 4 rings (SSSR count). The van der Waals surface area contributed by atoms with Gasteiger partial charge in [0, 0.05) is 26.2 Å². The van der Waals surface area contributed by atoms with E-state index in [1.807, 2.05) is 19.1 Å². The molecule has 1 atom stereocenters. The van der Waals surface area contributed by atoms with Crippen LogP contribution in [0, 0.1) is 13.8 Å². The number of aliphatic hydroxyl groups is 1. The first-order valence-electron chi connectivity index (χ1n) is 13.7. The Balaban J connectivity index is 1.65. The summed E-state index contributed by atoms with van der Waals surface area (Å²) in [5, 5.41) is 11.8. The number of aliphatic hydroxyl groups excluding tert-OH is 1. The zero-order valence-corrected chi connectivity index (χ0v) is 24.1. The van der Waals surface area contributed by atoms with Crippen LogP contribution in [0.25, 0.3) is 0 Å². The minimum Gasteiger partial charge on any atom is -0.503 e. The van der Waals surface area contributed by atoms with Gasteiger partial charge >= 0.3 is 0 Å². The Morgan fingerprint density at radius 1 is 1.15 bits per heavy atom. The highest BCUT2D eigenvalue weighted by molar-refractivity contribution is 7.14. The lowest BCUT2D eigenvalue weighted by atomic mass is 9.94. The number of thiazole rings is 1. The van der Waals surface area contributed by atoms with Crippen LogP contribution in [0.3, 0.4) is 0 Å². The van der Waals surface area contributed by atoms with Crippen LogP contribution in [-0.2, 0) is 9.53 Å². The third kappa shape index (κ3) is 6.62. The number of carbonyl (C=O) groups is 2. The smallest absolute Gasteiger partial charge is 0.290 e. The molecule has 0 bridgehead atoms. The van der Waals surface area contributed by atoms with Crippen LogP contribution in [-0.4, -0.2) is 84.7 Å². The van der Waals surface area contributed by atoms with Crippen molar-refractivity contribution >= 4 is 23.0 Å². The number of hydrogen-bond acceptors (Lipinski definition) is 9. The molecule has 2 aliphatic rings. The summed E-state index contributed by atoms with van der Waals surface area (Å²) < 4.78 is 17.1. The highest BCUT2D eigenvalue weighted by Gasteiger charge is 2.44. The Bertz CT molecular complexity index is 1200. The molecular weight excluding hydrogens is 518 g/mol. The summed E-state index contributed by atoms with van der Waals surface area (Å²) in [6, 6.07) is 4.70. The first kappa shape index (κ1) is 29.0. The van der Waals surface area contributed by atoms with E-state index in [1.165, 1.54) is 17.8 Å². The average Bonchev–Trinajstić information content (AvgIpc) is 3.41. The Kier molecular flexibility index (Phi) is 9.99. The number of unbranched alkanes of at least 4 members (excludes halogenated alkanes) is 3. The molecule has 2 aliphatic heterocycles. The maximum Gasteiger partial charge on any atom is 0.290 e. The van der Waals surface area contributed by atoms with Crippen molar-refractivity contribution in [1.29, 1.82) is 0 Å². The Hall–Kier alpha value is -2.95. The SMILES string of the molecule is CCCCCCOc1ccc(C2C(C(=O)c3sc(C)nc3C)=C(O)C(=O)N2CCN2CCOCC2)cc1OC. The number of hydrogen-bond donors (Lipinski definition) is 1. The fourth-order valence-electron chi connectivity index (χ4n) is 5.09. The van der Waals surface area contributed by atoms with Crippen LogP contribution in [0.5, 0.6) is 11.5 Å². The number of methoxy groups -OCH3 is 1. The van der Waals surface area contributed by atoms with Crippen LogP contribution in [0.4, 0.5) is 0 Å². The van der Waals surface area contributed by atoms with Gasteiger partial charge in [0.05, 0.1) is 54.1 Å². The number of morpholine rings is 1. The molecule has 1 fully saturated rings. The molecule has 1 saturated heterocycles. The van der Waals surface area contributed by atoms with E-state index in [0.717, 1.165) is 37.4 Å². The summed E-state index contributed by atoms with van der Waals surface area (Å²) in [4.78, 5) is 35.8. The number of aromatic nitrogens is 1. The molecule has 2 aromatic rings. The van der Waals surface area contributed by atoms with E-state index < -0.39 is 17.7 Å². The van der Waals surface area contributed by atoms with Crippen LogP contribution >= 0.6 is 11.3 Å². The van der Waals surface area contributed by atoms with Crippen molar-refractivity contribution in [2.24, 2.45) is 0 Å². The van der Waals surface area contributed by atoms with E-state index in [1.54, 1.807) is 25.0 Å². The fraction of sp³-hybridized carbons (Fsp3) is 0.552. The van der Waals surface area contributed by atoms with Gasteiger partial charge in [0.2, 0.25) is 5.78 Å². The third-order valence-corrected chi connectivity index (χ3v) is 8.25. The number of benzene rings is 1. The first-order chi connectivity index (χ1) is 18.8. The molecule has 10 heteroatoms. The standard InChI is InChI=1S/C29H39N3O6S/c1-5-6-7-8-15-38-22-10-9-21(18-23(22)36-4)25-24(26(33)28-19(2)30-20(3)39-28)27(34)29(35)32(25)12-11-31-13-16-37-17-14-31/h9-10,18,25,34H,5-8,11-17H2,1-4H3. The topological polar surface area (TPSA) is 101 Å². The number of Topliss-reactive ketones (excluding diaryl/α,β-unsaturated/α-hetero) is 1. The molecule has 3 heterocycles. The number of ketones is 1. The van der Waals surface area contributed by atoms with E-state index in [9.17, 15) is 14.7 Å². The molecule has 0 spiro atoms. The van der Waals surface area contributed by atoms with Gasteiger partial charge in [-0.25, -0.2) is 4.98 Å². The predicted octanol–water partition coefficient (Wildman–Crippen LogP) is 4.64. The van der Waals surface area contributed by atoms with Crippen molar-refractivity contribution in [1.82, 2.24) is 14.8 Å². The summed E-state index contributed by atoms with van der Waals surface area (Å²) in [5.41, 5.74) is 1.33. The second-order valence-electron chi connectivity index (χ2n) is 9.91. The van der Waals surface area contributed by atoms with Crippen molar-refractivity contribution in [3.05, 3.63) is 50.7 Å². The van der Waals surface area contributed by atoms with Gasteiger partial charge in [-0.1, -0.05) is 32.3 Å². The minimum absolute atomic E-state index is 0.0732. The predicted molar refractivity (Wildman–Crippen MR) is 150 cm³/mol. The summed E-state index contributed by atoms with van der Waals surface area (Å²) in [6.45, 7) is 10.1. The zero-order valence-electron chi connectivity index (χ0n) is 23.3. The van der Waals surface area contributed by atoms with Crippen molar-refractivity contribution in [3.63, 3.8) is 0 Å². The minimum atomic E-state index is -0.764. The number of ether oxygens (including phenoxy) is 3. The van der Waals surface area contributed by atoms with Gasteiger partial charge in [0.15, 0.2) is 17.3 Å². The normalized spacial score (nSPS) is 18.2. The van der Waals surface area contributed by atoms with E-state index in [0.29, 0.717) is 60.5 Å². The number of amides is 1. The lowest BCUT2D eigenvalue weighted by Crippen LogP contribution is -2.43. The number of carbonyl (C=O) groups excluding carboxylic acids is 2. The lowest BCUT2D eigenvalue weighted by Gasteiger charge is -2.32. The van der Waals surface area contributed by atoms with E-state index in [2.05, 4.69) is 16.8 Å². The summed E-state index contributed by atoms with van der Waals surface area (Å²) in [5.74, 6) is -0.306. The van der Waals surface area contributed by atoms with Gasteiger partial charge < -0.3 is 24.2 Å². The molecule has 1 amide bonds. The molecule has 9 nitrogen and oxygen atoms in total. The first-order valence-corrected chi connectivity index (χ1v) is 14.5. The summed E-state index contributed by atoms with van der Waals surface area (Å²) in [7, 11) is 1.57.